The van der Waals surface area contributed by atoms with Crippen LogP contribution in [0.4, 0.5) is 0 Å². The van der Waals surface area contributed by atoms with E-state index in [1.807, 2.05) is 4.90 Å². The highest BCUT2D eigenvalue weighted by Crippen LogP contribution is 2.14. The lowest BCUT2D eigenvalue weighted by Gasteiger charge is -2.36. The Morgan fingerprint density at radius 3 is 2.75 bits per heavy atom. The van der Waals surface area contributed by atoms with Crippen molar-refractivity contribution in [1.29, 1.82) is 0 Å². The maximum absolute atomic E-state index is 12.3. The molecule has 0 radical (unpaired) electrons. The average molecular weight is 334 g/mol. The van der Waals surface area contributed by atoms with Crippen molar-refractivity contribution in [1.82, 2.24) is 15.1 Å². The first-order valence-corrected chi connectivity index (χ1v) is 8.68. The Hall–Kier alpha value is -2.02. The zero-order chi connectivity index (χ0) is 16.8. The number of hydrogen-bond donors (Lipinski definition) is 1. The van der Waals surface area contributed by atoms with Gasteiger partial charge in [-0.25, -0.2) is 0 Å². The van der Waals surface area contributed by atoms with Crippen LogP contribution in [0.1, 0.15) is 29.8 Å². The number of carbonyl (C=O) groups is 1. The molecule has 2 fully saturated rings. The molecule has 24 heavy (non-hydrogen) atoms. The van der Waals surface area contributed by atoms with Crippen molar-refractivity contribution in [3.8, 4) is 0 Å². The number of ether oxygens (including phenoxy) is 1. The lowest BCUT2D eigenvalue weighted by Crippen LogP contribution is -2.54. The summed E-state index contributed by atoms with van der Waals surface area (Å²) in [6.07, 6.45) is 5.26. The van der Waals surface area contributed by atoms with Crippen LogP contribution < -0.4 is 5.32 Å². The molecule has 2 saturated heterocycles. The summed E-state index contributed by atoms with van der Waals surface area (Å²) < 4.78 is 10.8. The second-order valence-electron chi connectivity index (χ2n) is 6.15. The Labute approximate surface area is 142 Å². The fourth-order valence-corrected chi connectivity index (χ4v) is 3.23. The topological polar surface area (TPSA) is 70.3 Å². The van der Waals surface area contributed by atoms with Crippen LogP contribution in [0.2, 0.25) is 0 Å². The van der Waals surface area contributed by atoms with Crippen LogP contribution in [0, 0.1) is 0 Å². The second kappa shape index (κ2) is 8.19. The molecule has 7 heteroatoms. The molecule has 1 N–H and O–H groups in total. The van der Waals surface area contributed by atoms with Gasteiger partial charge in [0.1, 0.15) is 0 Å². The van der Waals surface area contributed by atoms with E-state index in [2.05, 4.69) is 15.2 Å². The lowest BCUT2D eigenvalue weighted by atomic mass is 10.2. The van der Waals surface area contributed by atoms with Gasteiger partial charge in [0.25, 0.3) is 5.91 Å². The van der Waals surface area contributed by atoms with Gasteiger partial charge in [-0.3, -0.25) is 9.79 Å². The van der Waals surface area contributed by atoms with Crippen LogP contribution in [0.5, 0.6) is 0 Å². The van der Waals surface area contributed by atoms with Gasteiger partial charge in [0, 0.05) is 46.4 Å². The summed E-state index contributed by atoms with van der Waals surface area (Å²) >= 11 is 0. The number of carbonyl (C=O) groups excluding carboxylic acids is 1. The Bertz CT molecular complexity index is 544. The van der Waals surface area contributed by atoms with Gasteiger partial charge in [-0.15, -0.1) is 0 Å². The van der Waals surface area contributed by atoms with E-state index in [1.54, 1.807) is 19.2 Å². The first-order chi connectivity index (χ1) is 11.8. The summed E-state index contributed by atoms with van der Waals surface area (Å²) in [7, 11) is 1.80. The van der Waals surface area contributed by atoms with Gasteiger partial charge in [-0.05, 0) is 31.4 Å². The summed E-state index contributed by atoms with van der Waals surface area (Å²) in [5.41, 5.74) is 0. The molecule has 3 heterocycles. The molecule has 1 aromatic heterocycles. The van der Waals surface area contributed by atoms with E-state index in [4.69, 9.17) is 9.15 Å². The van der Waals surface area contributed by atoms with Gasteiger partial charge >= 0.3 is 0 Å². The standard InChI is InChI=1S/C17H26N4O3/c1-18-17(19-7-6-14-4-2-12-23-14)21-10-8-20(9-11-21)16(22)15-5-3-13-24-15/h3,5,13-14H,2,4,6-12H2,1H3,(H,18,19). The first-order valence-electron chi connectivity index (χ1n) is 8.68. The number of guanidine groups is 1. The molecule has 0 aliphatic carbocycles. The SMILES string of the molecule is CN=C(NCCC1CCCO1)N1CCN(C(=O)c2ccco2)CC1. The summed E-state index contributed by atoms with van der Waals surface area (Å²) in [4.78, 5) is 20.7. The molecule has 0 aromatic carbocycles. The van der Waals surface area contributed by atoms with Crippen LogP contribution in [0.3, 0.4) is 0 Å². The van der Waals surface area contributed by atoms with Crippen LogP contribution in [0.15, 0.2) is 27.8 Å². The fourth-order valence-electron chi connectivity index (χ4n) is 3.23. The van der Waals surface area contributed by atoms with Crippen LogP contribution >= 0.6 is 0 Å². The second-order valence-corrected chi connectivity index (χ2v) is 6.15. The van der Waals surface area contributed by atoms with Crippen molar-refractivity contribution in [3.63, 3.8) is 0 Å². The van der Waals surface area contributed by atoms with Crippen molar-refractivity contribution >= 4 is 11.9 Å². The molecule has 1 amide bonds. The summed E-state index contributed by atoms with van der Waals surface area (Å²) in [5.74, 6) is 1.27. The Morgan fingerprint density at radius 1 is 1.33 bits per heavy atom. The highest BCUT2D eigenvalue weighted by atomic mass is 16.5. The van der Waals surface area contributed by atoms with E-state index < -0.39 is 0 Å². The summed E-state index contributed by atoms with van der Waals surface area (Å²) in [6, 6.07) is 3.45. The predicted molar refractivity (Wildman–Crippen MR) is 91.1 cm³/mol. The maximum atomic E-state index is 12.3. The zero-order valence-corrected chi connectivity index (χ0v) is 14.2. The van der Waals surface area contributed by atoms with E-state index in [1.165, 1.54) is 12.7 Å². The van der Waals surface area contributed by atoms with Crippen LogP contribution in [-0.2, 0) is 4.74 Å². The predicted octanol–water partition coefficient (Wildman–Crippen LogP) is 1.18. The van der Waals surface area contributed by atoms with Crippen molar-refractivity contribution in [3.05, 3.63) is 24.2 Å². The number of nitrogens with zero attached hydrogens (tertiary/aromatic N) is 3. The largest absolute Gasteiger partial charge is 0.459 e. The van der Waals surface area contributed by atoms with Gasteiger partial charge in [0.05, 0.1) is 12.4 Å². The quantitative estimate of drug-likeness (QED) is 0.661. The first kappa shape index (κ1) is 16.8. The van der Waals surface area contributed by atoms with Crippen molar-refractivity contribution in [2.75, 3.05) is 46.4 Å². The number of nitrogens with one attached hydrogen (secondary N) is 1. The highest BCUT2D eigenvalue weighted by molar-refractivity contribution is 5.91. The summed E-state index contributed by atoms with van der Waals surface area (Å²) in [6.45, 7) is 4.64. The molecular weight excluding hydrogens is 308 g/mol. The minimum atomic E-state index is -0.0408. The molecule has 0 saturated carbocycles. The normalized spacial score (nSPS) is 22.0. The number of hydrogen-bond acceptors (Lipinski definition) is 4. The number of piperazine rings is 1. The third-order valence-corrected chi connectivity index (χ3v) is 4.58. The Balaban J connectivity index is 1.43. The number of amides is 1. The van der Waals surface area contributed by atoms with Crippen molar-refractivity contribution in [2.45, 2.75) is 25.4 Å². The van der Waals surface area contributed by atoms with E-state index >= 15 is 0 Å². The van der Waals surface area contributed by atoms with Gasteiger partial charge in [-0.2, -0.15) is 0 Å². The van der Waals surface area contributed by atoms with Gasteiger partial charge in [0.2, 0.25) is 0 Å². The summed E-state index contributed by atoms with van der Waals surface area (Å²) in [5, 5.41) is 3.41. The lowest BCUT2D eigenvalue weighted by molar-refractivity contribution is 0.0657. The van der Waals surface area contributed by atoms with Gasteiger partial charge in [0.15, 0.2) is 11.7 Å². The maximum Gasteiger partial charge on any atom is 0.289 e. The van der Waals surface area contributed by atoms with Crippen LogP contribution in [0.25, 0.3) is 0 Å². The molecule has 1 atom stereocenters. The van der Waals surface area contributed by atoms with E-state index in [-0.39, 0.29) is 5.91 Å². The third kappa shape index (κ3) is 4.08. The van der Waals surface area contributed by atoms with Gasteiger partial charge < -0.3 is 24.3 Å². The molecule has 2 aliphatic heterocycles. The average Bonchev–Trinajstić information content (AvgIpc) is 3.32. The molecular formula is C17H26N4O3. The monoisotopic (exact) mass is 334 g/mol. The van der Waals surface area contributed by atoms with Crippen LogP contribution in [-0.4, -0.2) is 74.1 Å². The zero-order valence-electron chi connectivity index (χ0n) is 14.2. The van der Waals surface area contributed by atoms with E-state index in [0.29, 0.717) is 25.0 Å². The molecule has 2 aliphatic rings. The third-order valence-electron chi connectivity index (χ3n) is 4.58. The number of rotatable bonds is 4. The Kier molecular flexibility index (Phi) is 5.74. The van der Waals surface area contributed by atoms with E-state index in [9.17, 15) is 4.79 Å². The Morgan fingerprint density at radius 2 is 2.12 bits per heavy atom. The smallest absolute Gasteiger partial charge is 0.289 e. The van der Waals surface area contributed by atoms with Crippen molar-refractivity contribution < 1.29 is 13.9 Å². The fraction of sp³-hybridized carbons (Fsp3) is 0.647. The molecule has 3 rings (SSSR count). The molecule has 0 spiro atoms. The molecule has 1 unspecified atom stereocenters. The number of furan rings is 1. The highest BCUT2D eigenvalue weighted by Gasteiger charge is 2.25. The molecule has 0 bridgehead atoms. The number of aliphatic imine (C=N–C) groups is 1. The van der Waals surface area contributed by atoms with Gasteiger partial charge in [-0.1, -0.05) is 0 Å². The molecule has 1 aromatic rings. The minimum absolute atomic E-state index is 0.0408. The van der Waals surface area contributed by atoms with Crippen molar-refractivity contribution in [2.24, 2.45) is 4.99 Å². The molecule has 7 nitrogen and oxygen atoms in total. The molecule has 132 valence electrons. The van der Waals surface area contributed by atoms with E-state index in [0.717, 1.165) is 45.0 Å². The minimum Gasteiger partial charge on any atom is -0.459 e.